The molecular formula is C39H39N2O4+. The van der Waals surface area contributed by atoms with Crippen molar-refractivity contribution < 1.29 is 24.4 Å². The van der Waals surface area contributed by atoms with Crippen molar-refractivity contribution in [2.75, 3.05) is 11.4 Å². The second-order valence-corrected chi connectivity index (χ2v) is 12.4. The zero-order valence-corrected chi connectivity index (χ0v) is 26.0. The largest absolute Gasteiger partial charge is 0.510 e. The molecule has 2 N–H and O–H groups in total. The van der Waals surface area contributed by atoms with E-state index >= 15 is 0 Å². The van der Waals surface area contributed by atoms with Gasteiger partial charge in [-0.2, -0.15) is 4.58 Å². The Balaban J connectivity index is 1.36. The number of allylic oxidation sites excluding steroid dienone is 2. The van der Waals surface area contributed by atoms with Crippen molar-refractivity contribution in [3.63, 3.8) is 0 Å². The molecule has 1 aliphatic heterocycles. The molecule has 0 amide bonds. The van der Waals surface area contributed by atoms with Crippen molar-refractivity contribution in [3.8, 4) is 0 Å². The van der Waals surface area contributed by atoms with E-state index in [0.29, 0.717) is 17.7 Å². The molecule has 45 heavy (non-hydrogen) atoms. The van der Waals surface area contributed by atoms with Crippen LogP contribution in [0.25, 0.3) is 5.57 Å². The number of aliphatic hydroxyl groups excluding tert-OH is 1. The topological polar surface area (TPSA) is 80.8 Å². The van der Waals surface area contributed by atoms with Crippen LogP contribution in [0.3, 0.4) is 0 Å². The molecule has 0 aromatic heterocycles. The number of aromatic carboxylic acids is 1. The average Bonchev–Trinajstić information content (AvgIpc) is 3.26. The number of Topliss-reactive ketones (excluding diaryl/α,β-unsaturated/α-hetero) is 1. The molecule has 0 bridgehead atoms. The first-order valence-electron chi connectivity index (χ1n) is 15.7. The average molecular weight is 600 g/mol. The molecule has 4 aromatic rings. The minimum Gasteiger partial charge on any atom is -0.510 e. The molecule has 6 nitrogen and oxygen atoms in total. The zero-order valence-electron chi connectivity index (χ0n) is 26.0. The van der Waals surface area contributed by atoms with Gasteiger partial charge in [0.15, 0.2) is 17.4 Å². The number of ketones is 1. The van der Waals surface area contributed by atoms with Crippen molar-refractivity contribution in [2.24, 2.45) is 5.92 Å². The van der Waals surface area contributed by atoms with E-state index < -0.39 is 17.3 Å². The predicted octanol–water partition coefficient (Wildman–Crippen LogP) is 8.98. The van der Waals surface area contributed by atoms with Crippen LogP contribution in [0, 0.1) is 5.92 Å². The molecule has 1 unspecified atom stereocenters. The molecule has 4 aromatic carbocycles. The summed E-state index contributed by atoms with van der Waals surface area (Å²) in [5.74, 6) is -1.80. The number of carbonyl (C=O) groups is 2. The van der Waals surface area contributed by atoms with Crippen molar-refractivity contribution >= 4 is 45.8 Å². The number of anilines is 3. The molecule has 0 saturated heterocycles. The first-order chi connectivity index (χ1) is 21.7. The number of unbranched alkanes of at least 4 members (excludes halogenated alkanes) is 3. The molecule has 0 fully saturated rings. The Bertz CT molecular complexity index is 1770. The summed E-state index contributed by atoms with van der Waals surface area (Å²) in [6, 6.07) is 33.2. The lowest BCUT2D eigenvalue weighted by molar-refractivity contribution is -0.441. The minimum absolute atomic E-state index is 0.0728. The lowest BCUT2D eigenvalue weighted by atomic mass is 9.67. The number of aliphatic hydroxyl groups is 1. The van der Waals surface area contributed by atoms with E-state index in [4.69, 9.17) is 0 Å². The molecule has 1 heterocycles. The van der Waals surface area contributed by atoms with Crippen LogP contribution in [0.2, 0.25) is 0 Å². The Hall–Kier alpha value is -4.97. The molecule has 0 radical (unpaired) electrons. The van der Waals surface area contributed by atoms with E-state index in [0.717, 1.165) is 59.7 Å². The molecule has 1 aliphatic carbocycles. The number of carboxylic acid groups (broad SMARTS) is 1. The maximum Gasteiger partial charge on any atom is 0.335 e. The van der Waals surface area contributed by atoms with Crippen LogP contribution in [-0.4, -0.2) is 38.8 Å². The van der Waals surface area contributed by atoms with Gasteiger partial charge in [0, 0.05) is 35.1 Å². The molecule has 2 aliphatic rings. The van der Waals surface area contributed by atoms with Gasteiger partial charge in [0.05, 0.1) is 16.6 Å². The number of rotatable bonds is 11. The van der Waals surface area contributed by atoms with Gasteiger partial charge in [0.1, 0.15) is 12.3 Å². The second kappa shape index (κ2) is 12.2. The Kier molecular flexibility index (Phi) is 8.15. The Morgan fingerprint density at radius 1 is 0.822 bits per heavy atom. The van der Waals surface area contributed by atoms with Gasteiger partial charge in [0.2, 0.25) is 5.69 Å². The van der Waals surface area contributed by atoms with E-state index in [-0.39, 0.29) is 17.1 Å². The summed E-state index contributed by atoms with van der Waals surface area (Å²) in [5.41, 5.74) is 6.17. The molecule has 1 atom stereocenters. The van der Waals surface area contributed by atoms with Crippen LogP contribution in [0.1, 0.15) is 67.9 Å². The first kappa shape index (κ1) is 30.1. The van der Waals surface area contributed by atoms with E-state index in [9.17, 15) is 19.8 Å². The van der Waals surface area contributed by atoms with Crippen molar-refractivity contribution in [1.82, 2.24) is 0 Å². The van der Waals surface area contributed by atoms with E-state index in [1.54, 1.807) is 12.1 Å². The quantitative estimate of drug-likeness (QED) is 0.133. The highest BCUT2D eigenvalue weighted by Crippen LogP contribution is 2.48. The third kappa shape index (κ3) is 5.35. The van der Waals surface area contributed by atoms with Crippen molar-refractivity contribution in [3.05, 3.63) is 126 Å². The summed E-state index contributed by atoms with van der Waals surface area (Å²) >= 11 is 0. The predicted molar refractivity (Wildman–Crippen MR) is 180 cm³/mol. The highest BCUT2D eigenvalue weighted by Gasteiger charge is 2.57. The molecule has 228 valence electrons. The lowest BCUT2D eigenvalue weighted by Crippen LogP contribution is -2.46. The highest BCUT2D eigenvalue weighted by atomic mass is 16.4. The van der Waals surface area contributed by atoms with Gasteiger partial charge in [0.25, 0.3) is 0 Å². The minimum atomic E-state index is -0.983. The first-order valence-corrected chi connectivity index (χ1v) is 15.7. The van der Waals surface area contributed by atoms with Crippen LogP contribution in [-0.2, 0) is 10.2 Å². The fourth-order valence-electron chi connectivity index (χ4n) is 6.85. The van der Waals surface area contributed by atoms with Crippen molar-refractivity contribution in [1.29, 1.82) is 0 Å². The van der Waals surface area contributed by atoms with Gasteiger partial charge in [-0.05, 0) is 74.4 Å². The lowest BCUT2D eigenvalue weighted by Gasteiger charge is -2.31. The molecule has 6 rings (SSSR count). The maximum atomic E-state index is 14.0. The molecule has 0 spiro atoms. The summed E-state index contributed by atoms with van der Waals surface area (Å²) in [6.45, 7) is 6.92. The third-order valence-electron chi connectivity index (χ3n) is 9.13. The number of para-hydroxylation sites is 2. The van der Waals surface area contributed by atoms with Gasteiger partial charge in [-0.15, -0.1) is 0 Å². The monoisotopic (exact) mass is 599 g/mol. The van der Waals surface area contributed by atoms with Crippen LogP contribution < -0.4 is 4.90 Å². The number of nitrogens with zero attached hydrogens (tertiary/aromatic N) is 2. The highest BCUT2D eigenvalue weighted by molar-refractivity contribution is 6.37. The fraction of sp³-hybridized carbons (Fsp3) is 0.256. The van der Waals surface area contributed by atoms with Crippen LogP contribution in [0.15, 0.2) is 109 Å². The number of benzene rings is 4. The van der Waals surface area contributed by atoms with Gasteiger partial charge in [-0.25, -0.2) is 4.79 Å². The van der Waals surface area contributed by atoms with Gasteiger partial charge < -0.3 is 15.1 Å². The Morgan fingerprint density at radius 3 is 1.98 bits per heavy atom. The van der Waals surface area contributed by atoms with Crippen LogP contribution in [0.4, 0.5) is 22.7 Å². The Labute approximate surface area is 264 Å². The van der Waals surface area contributed by atoms with Gasteiger partial charge in [-0.3, -0.25) is 4.79 Å². The van der Waals surface area contributed by atoms with Crippen molar-refractivity contribution in [2.45, 2.75) is 51.9 Å². The molecule has 6 heteroatoms. The zero-order chi connectivity index (χ0) is 31.7. The van der Waals surface area contributed by atoms with Crippen LogP contribution >= 0.6 is 0 Å². The number of carbonyl (C=O) groups excluding carboxylic acids is 1. The smallest absolute Gasteiger partial charge is 0.335 e. The summed E-state index contributed by atoms with van der Waals surface area (Å²) in [4.78, 5) is 28.0. The second-order valence-electron chi connectivity index (χ2n) is 12.4. The van der Waals surface area contributed by atoms with Gasteiger partial charge in [-0.1, -0.05) is 68.3 Å². The number of fused-ring (bicyclic) bond motifs is 1. The summed E-state index contributed by atoms with van der Waals surface area (Å²) in [6.07, 6.45) is 4.23. The number of carboxylic acids is 1. The maximum absolute atomic E-state index is 14.0. The fourth-order valence-corrected chi connectivity index (χ4v) is 6.85. The number of hydrogen-bond acceptors (Lipinski definition) is 4. The van der Waals surface area contributed by atoms with E-state index in [2.05, 4.69) is 40.7 Å². The summed E-state index contributed by atoms with van der Waals surface area (Å²) < 4.78 is 2.16. The summed E-state index contributed by atoms with van der Waals surface area (Å²) in [7, 11) is 0. The summed E-state index contributed by atoms with van der Waals surface area (Å²) in [5, 5.41) is 21.3. The normalized spacial score (nSPS) is 16.9. The van der Waals surface area contributed by atoms with E-state index in [1.165, 1.54) is 0 Å². The molecular weight excluding hydrogens is 560 g/mol. The molecule has 0 saturated carbocycles. The van der Waals surface area contributed by atoms with E-state index in [1.807, 2.05) is 80.6 Å². The number of hydrogen-bond donors (Lipinski definition) is 2. The van der Waals surface area contributed by atoms with Gasteiger partial charge >= 0.3 is 5.97 Å². The third-order valence-corrected chi connectivity index (χ3v) is 9.13. The SMILES string of the molecule is CCCCCC[N+]1=C(C2C(=O)C(c3ccc(N(c4ccccc4)c4ccccc4)cc3)=C2O)C(C)(C)c2cc(C(=O)O)ccc21. The van der Waals surface area contributed by atoms with Crippen LogP contribution in [0.5, 0.6) is 0 Å². The standard InChI is InChI=1S/C39H38N2O4/c1-4-5-6-13-24-40-32-23-20-27(38(44)45)25-31(32)39(2,3)37(40)34-35(42)33(36(34)43)26-18-21-30(22-19-26)41(28-14-9-7-10-15-28)29-16-11-8-12-17-29/h7-12,14-23,25,34H,4-6,13,24H2,1-3H3,(H-,42,43,44,45)/p+1. The Morgan fingerprint density at radius 2 is 1.42 bits per heavy atom.